The lowest BCUT2D eigenvalue weighted by atomic mass is 9.66. The van der Waals surface area contributed by atoms with Gasteiger partial charge in [-0.1, -0.05) is 32.0 Å². The van der Waals surface area contributed by atoms with E-state index in [1.54, 1.807) is 16.7 Å². The highest BCUT2D eigenvalue weighted by Gasteiger charge is 2.77. The van der Waals surface area contributed by atoms with E-state index >= 15 is 0 Å². The molecular formula is C25H35N3O4S. The van der Waals surface area contributed by atoms with Crippen LogP contribution < -0.4 is 10.6 Å². The molecule has 1 spiro atoms. The van der Waals surface area contributed by atoms with Crippen LogP contribution in [0, 0.1) is 17.8 Å². The predicted molar refractivity (Wildman–Crippen MR) is 130 cm³/mol. The molecule has 3 saturated heterocycles. The smallest absolute Gasteiger partial charge is 0.244 e. The molecule has 6 atom stereocenters. The Bertz CT molecular complexity index is 939. The van der Waals surface area contributed by atoms with Crippen molar-refractivity contribution in [3.63, 3.8) is 0 Å². The first kappa shape index (κ1) is 24.1. The number of fused-ring (bicyclic) bond motifs is 1. The van der Waals surface area contributed by atoms with Crippen molar-refractivity contribution in [3.8, 4) is 0 Å². The average Bonchev–Trinajstić information content (AvgIpc) is 3.30. The summed E-state index contributed by atoms with van der Waals surface area (Å²) in [6.07, 6.45) is 1.46. The fourth-order valence-electron chi connectivity index (χ4n) is 6.15. The van der Waals surface area contributed by atoms with E-state index in [0.29, 0.717) is 12.1 Å². The molecular weight excluding hydrogens is 438 g/mol. The molecule has 7 nitrogen and oxygen atoms in total. The maximum Gasteiger partial charge on any atom is 0.244 e. The van der Waals surface area contributed by atoms with Gasteiger partial charge in [0.25, 0.3) is 0 Å². The molecule has 3 fully saturated rings. The van der Waals surface area contributed by atoms with Gasteiger partial charge in [-0.25, -0.2) is 0 Å². The number of hydrogen-bond donors (Lipinski definition) is 3. The van der Waals surface area contributed by atoms with Crippen LogP contribution in [0.3, 0.4) is 0 Å². The molecule has 1 aromatic carbocycles. The van der Waals surface area contributed by atoms with E-state index in [1.165, 1.54) is 0 Å². The quantitative estimate of drug-likeness (QED) is 0.566. The van der Waals surface area contributed by atoms with Crippen LogP contribution in [-0.2, 0) is 14.4 Å². The molecule has 0 aliphatic carbocycles. The topological polar surface area (TPSA) is 98.7 Å². The summed E-state index contributed by atoms with van der Waals surface area (Å²) in [6, 6.07) is 8.00. The van der Waals surface area contributed by atoms with Crippen LogP contribution in [0.4, 0.5) is 5.69 Å². The average molecular weight is 474 g/mol. The highest BCUT2D eigenvalue weighted by Crippen LogP contribution is 2.71. The number of nitrogens with one attached hydrogen (secondary N) is 2. The fourth-order valence-corrected chi connectivity index (χ4v) is 8.49. The van der Waals surface area contributed by atoms with E-state index in [0.717, 1.165) is 6.42 Å². The van der Waals surface area contributed by atoms with Gasteiger partial charge in [0, 0.05) is 16.5 Å². The van der Waals surface area contributed by atoms with Gasteiger partial charge in [0.2, 0.25) is 17.7 Å². The second kappa shape index (κ2) is 8.62. The molecule has 2 unspecified atom stereocenters. The summed E-state index contributed by atoms with van der Waals surface area (Å²) in [5.74, 6) is -1.73. The molecule has 1 aromatic rings. The predicted octanol–water partition coefficient (Wildman–Crippen LogP) is 2.65. The molecule has 4 rings (SSSR count). The van der Waals surface area contributed by atoms with Crippen molar-refractivity contribution in [1.82, 2.24) is 10.2 Å². The van der Waals surface area contributed by atoms with E-state index in [2.05, 4.69) is 17.6 Å². The standard InChI is InChI=1S/C25H35N3O4S/c1-14(2)17(13-29)28-20(22(31)26-15(3)4)25-12-11-24(5,33-25)18(19(25)23(28)32)21(30)27-16-9-7-6-8-10-16/h6-10,14-15,17-20,29H,11-13H2,1-5H3,(H,26,31)(H,27,30)/t17-,18+,19-,20?,24-,25?/m0/s1. The third-order valence-electron chi connectivity index (χ3n) is 7.53. The number of anilines is 1. The van der Waals surface area contributed by atoms with Crippen LogP contribution >= 0.6 is 11.8 Å². The Kier molecular flexibility index (Phi) is 6.29. The summed E-state index contributed by atoms with van der Waals surface area (Å²) in [5, 5.41) is 16.2. The molecule has 3 aliphatic heterocycles. The SMILES string of the molecule is CC(C)NC(=O)C1N([C@@H](CO)C(C)C)C(=O)[C@@H]2[C@H](C(=O)Nc3ccccc3)[C@]3(C)CCC12S3. The number of likely N-dealkylation sites (tertiary alicyclic amines) is 1. The monoisotopic (exact) mass is 473 g/mol. The minimum absolute atomic E-state index is 0.0297. The van der Waals surface area contributed by atoms with Crippen molar-refractivity contribution >= 4 is 35.2 Å². The Morgan fingerprint density at radius 1 is 1.15 bits per heavy atom. The van der Waals surface area contributed by atoms with Gasteiger partial charge in [0.1, 0.15) is 6.04 Å². The van der Waals surface area contributed by atoms with Crippen molar-refractivity contribution in [3.05, 3.63) is 30.3 Å². The first-order valence-corrected chi connectivity index (χ1v) is 12.7. The Hall–Kier alpha value is -2.06. The van der Waals surface area contributed by atoms with E-state index in [-0.39, 0.29) is 36.3 Å². The molecule has 0 aromatic heterocycles. The van der Waals surface area contributed by atoms with Crippen molar-refractivity contribution in [2.45, 2.75) is 75.1 Å². The van der Waals surface area contributed by atoms with Gasteiger partial charge in [-0.15, -0.1) is 11.8 Å². The third kappa shape index (κ3) is 3.75. The first-order valence-electron chi connectivity index (χ1n) is 11.8. The number of benzene rings is 1. The molecule has 3 N–H and O–H groups in total. The number of hydrogen-bond acceptors (Lipinski definition) is 5. The number of carbonyl (C=O) groups is 3. The van der Waals surface area contributed by atoms with Crippen LogP contribution in [-0.4, -0.2) is 62.0 Å². The second-order valence-corrected chi connectivity index (χ2v) is 12.4. The molecule has 0 radical (unpaired) electrons. The lowest BCUT2D eigenvalue weighted by Crippen LogP contribution is -2.58. The van der Waals surface area contributed by atoms with Gasteiger partial charge in [0.15, 0.2) is 0 Å². The highest BCUT2D eigenvalue weighted by molar-refractivity contribution is 8.02. The lowest BCUT2D eigenvalue weighted by Gasteiger charge is -2.38. The van der Waals surface area contributed by atoms with Gasteiger partial charge in [-0.2, -0.15) is 0 Å². The van der Waals surface area contributed by atoms with Gasteiger partial charge in [-0.3, -0.25) is 14.4 Å². The van der Waals surface area contributed by atoms with Gasteiger partial charge >= 0.3 is 0 Å². The Morgan fingerprint density at radius 3 is 2.39 bits per heavy atom. The summed E-state index contributed by atoms with van der Waals surface area (Å²) in [5.41, 5.74) is 0.694. The molecule has 0 saturated carbocycles. The summed E-state index contributed by atoms with van der Waals surface area (Å²) in [7, 11) is 0. The van der Waals surface area contributed by atoms with Crippen LogP contribution in [0.1, 0.15) is 47.5 Å². The number of amides is 3. The number of thioether (sulfide) groups is 1. The zero-order chi connectivity index (χ0) is 24.1. The summed E-state index contributed by atoms with van der Waals surface area (Å²) in [6.45, 7) is 9.53. The first-order chi connectivity index (χ1) is 15.6. The molecule has 3 aliphatic rings. The summed E-state index contributed by atoms with van der Waals surface area (Å²) in [4.78, 5) is 42.8. The molecule has 8 heteroatoms. The molecule has 3 heterocycles. The highest BCUT2D eigenvalue weighted by atomic mass is 32.2. The van der Waals surface area contributed by atoms with Crippen LogP contribution in [0.15, 0.2) is 30.3 Å². The zero-order valence-electron chi connectivity index (χ0n) is 20.0. The Morgan fingerprint density at radius 2 is 1.82 bits per heavy atom. The van der Waals surface area contributed by atoms with Crippen LogP contribution in [0.2, 0.25) is 0 Å². The number of aliphatic hydroxyl groups is 1. The third-order valence-corrected chi connectivity index (χ3v) is 9.52. The van der Waals surface area contributed by atoms with E-state index in [9.17, 15) is 19.5 Å². The van der Waals surface area contributed by atoms with Crippen molar-refractivity contribution < 1.29 is 19.5 Å². The molecule has 3 amide bonds. The van der Waals surface area contributed by atoms with Crippen molar-refractivity contribution in [2.24, 2.45) is 17.8 Å². The minimum atomic E-state index is -0.710. The second-order valence-electron chi connectivity index (χ2n) is 10.5. The van der Waals surface area contributed by atoms with Crippen LogP contribution in [0.5, 0.6) is 0 Å². The molecule has 33 heavy (non-hydrogen) atoms. The maximum absolute atomic E-state index is 14.0. The summed E-state index contributed by atoms with van der Waals surface area (Å²) < 4.78 is -1.10. The number of aliphatic hydroxyl groups excluding tert-OH is 1. The lowest BCUT2D eigenvalue weighted by molar-refractivity contribution is -0.143. The zero-order valence-corrected chi connectivity index (χ0v) is 20.8. The maximum atomic E-state index is 14.0. The Labute approximate surface area is 200 Å². The van der Waals surface area contributed by atoms with Crippen LogP contribution in [0.25, 0.3) is 0 Å². The summed E-state index contributed by atoms with van der Waals surface area (Å²) >= 11 is 1.64. The minimum Gasteiger partial charge on any atom is -0.394 e. The van der Waals surface area contributed by atoms with E-state index in [4.69, 9.17) is 0 Å². The van der Waals surface area contributed by atoms with Gasteiger partial charge < -0.3 is 20.6 Å². The fraction of sp³-hybridized carbons (Fsp3) is 0.640. The number of para-hydroxylation sites is 1. The number of carbonyl (C=O) groups excluding carboxylic acids is 3. The number of rotatable bonds is 7. The Balaban J connectivity index is 1.76. The molecule has 180 valence electrons. The number of nitrogens with zero attached hydrogens (tertiary/aromatic N) is 1. The van der Waals surface area contributed by atoms with Crippen molar-refractivity contribution in [1.29, 1.82) is 0 Å². The van der Waals surface area contributed by atoms with Gasteiger partial charge in [0.05, 0.1) is 29.2 Å². The van der Waals surface area contributed by atoms with Gasteiger partial charge in [-0.05, 0) is 51.7 Å². The van der Waals surface area contributed by atoms with E-state index < -0.39 is 33.4 Å². The van der Waals surface area contributed by atoms with Crippen molar-refractivity contribution in [2.75, 3.05) is 11.9 Å². The largest absolute Gasteiger partial charge is 0.394 e. The normalized spacial score (nSPS) is 33.5. The van der Waals surface area contributed by atoms with E-state index in [1.807, 2.05) is 58.0 Å². The molecule has 2 bridgehead atoms.